The first kappa shape index (κ1) is 16.1. The summed E-state index contributed by atoms with van der Waals surface area (Å²) in [6.45, 7) is 3.09. The molecule has 1 N–H and O–H groups in total. The Labute approximate surface area is 151 Å². The summed E-state index contributed by atoms with van der Waals surface area (Å²) in [6, 6.07) is 13.8. The molecule has 0 saturated carbocycles. The van der Waals surface area contributed by atoms with Crippen molar-refractivity contribution in [3.8, 4) is 11.5 Å². The zero-order valence-electron chi connectivity index (χ0n) is 14.0. The van der Waals surface area contributed by atoms with Crippen molar-refractivity contribution in [2.24, 2.45) is 0 Å². The van der Waals surface area contributed by atoms with Crippen molar-refractivity contribution in [3.63, 3.8) is 0 Å². The summed E-state index contributed by atoms with van der Waals surface area (Å²) in [4.78, 5) is 14.7. The highest BCUT2D eigenvalue weighted by atomic mass is 32.2. The number of nitrogens with zero attached hydrogens (tertiary/aromatic N) is 1. The quantitative estimate of drug-likeness (QED) is 0.893. The van der Waals surface area contributed by atoms with Crippen LogP contribution < -0.4 is 14.8 Å². The molecule has 1 unspecified atom stereocenters. The SMILES string of the molecule is CCc1cccc(NC(=O)N2CCSC2c2ccc3c(c2)OCO3)c1. The third kappa shape index (κ3) is 3.26. The molecule has 25 heavy (non-hydrogen) atoms. The lowest BCUT2D eigenvalue weighted by molar-refractivity contribution is 0.174. The van der Waals surface area contributed by atoms with Crippen LogP contribution in [0.4, 0.5) is 10.5 Å². The first-order valence-electron chi connectivity index (χ1n) is 8.42. The number of amides is 2. The molecule has 0 bridgehead atoms. The second-order valence-corrected chi connectivity index (χ2v) is 7.20. The molecule has 2 aromatic rings. The van der Waals surface area contributed by atoms with Gasteiger partial charge in [0, 0.05) is 18.0 Å². The lowest BCUT2D eigenvalue weighted by Gasteiger charge is -2.24. The molecular formula is C19H20N2O3S. The Hall–Kier alpha value is -2.34. The zero-order chi connectivity index (χ0) is 17.2. The predicted molar refractivity (Wildman–Crippen MR) is 99.3 cm³/mol. The van der Waals surface area contributed by atoms with Gasteiger partial charge < -0.3 is 19.7 Å². The summed E-state index contributed by atoms with van der Waals surface area (Å²) in [6.07, 6.45) is 0.948. The molecular weight excluding hydrogens is 336 g/mol. The summed E-state index contributed by atoms with van der Waals surface area (Å²) >= 11 is 1.76. The number of urea groups is 1. The maximum Gasteiger partial charge on any atom is 0.323 e. The van der Waals surface area contributed by atoms with Gasteiger partial charge in [-0.1, -0.05) is 25.1 Å². The molecule has 0 aromatic heterocycles. The summed E-state index contributed by atoms with van der Waals surface area (Å²) in [5.74, 6) is 2.43. The number of thioether (sulfide) groups is 1. The Morgan fingerprint density at radius 3 is 3.00 bits per heavy atom. The van der Waals surface area contributed by atoms with Gasteiger partial charge in [0.2, 0.25) is 6.79 Å². The van der Waals surface area contributed by atoms with Crippen molar-refractivity contribution < 1.29 is 14.3 Å². The zero-order valence-corrected chi connectivity index (χ0v) is 14.8. The second kappa shape index (κ2) is 6.88. The molecule has 4 rings (SSSR count). The van der Waals surface area contributed by atoms with E-state index in [4.69, 9.17) is 9.47 Å². The van der Waals surface area contributed by atoms with Gasteiger partial charge in [0.05, 0.1) is 0 Å². The number of carbonyl (C=O) groups is 1. The number of anilines is 1. The van der Waals surface area contributed by atoms with E-state index in [2.05, 4.69) is 18.3 Å². The first-order chi connectivity index (χ1) is 12.2. The Morgan fingerprint density at radius 1 is 1.24 bits per heavy atom. The van der Waals surface area contributed by atoms with E-state index in [0.717, 1.165) is 41.5 Å². The molecule has 2 aromatic carbocycles. The minimum atomic E-state index is -0.0686. The number of rotatable bonds is 3. The van der Waals surface area contributed by atoms with Crippen LogP contribution in [0.1, 0.15) is 23.4 Å². The van der Waals surface area contributed by atoms with E-state index in [9.17, 15) is 4.79 Å². The largest absolute Gasteiger partial charge is 0.454 e. The predicted octanol–water partition coefficient (Wildman–Crippen LogP) is 4.26. The normalized spacial score (nSPS) is 18.4. The van der Waals surface area contributed by atoms with Gasteiger partial charge in [-0.3, -0.25) is 0 Å². The van der Waals surface area contributed by atoms with Gasteiger partial charge in [-0.05, 0) is 41.8 Å². The van der Waals surface area contributed by atoms with Crippen molar-refractivity contribution in [3.05, 3.63) is 53.6 Å². The number of benzene rings is 2. The molecule has 1 fully saturated rings. The Kier molecular flexibility index (Phi) is 4.44. The first-order valence-corrected chi connectivity index (χ1v) is 9.47. The minimum Gasteiger partial charge on any atom is -0.454 e. The van der Waals surface area contributed by atoms with E-state index in [-0.39, 0.29) is 18.2 Å². The van der Waals surface area contributed by atoms with Gasteiger partial charge in [0.1, 0.15) is 5.37 Å². The van der Waals surface area contributed by atoms with Crippen LogP contribution >= 0.6 is 11.8 Å². The average Bonchev–Trinajstić information content (AvgIpc) is 3.30. The smallest absolute Gasteiger partial charge is 0.323 e. The number of hydrogen-bond acceptors (Lipinski definition) is 4. The number of carbonyl (C=O) groups excluding carboxylic acids is 1. The Balaban J connectivity index is 1.51. The molecule has 0 radical (unpaired) electrons. The maximum atomic E-state index is 12.8. The number of hydrogen-bond donors (Lipinski definition) is 1. The van der Waals surface area contributed by atoms with E-state index in [1.165, 1.54) is 5.56 Å². The molecule has 130 valence electrons. The fraction of sp³-hybridized carbons (Fsp3) is 0.316. The molecule has 2 amide bonds. The van der Waals surface area contributed by atoms with Crippen LogP contribution in [0.3, 0.4) is 0 Å². The van der Waals surface area contributed by atoms with Crippen LogP contribution in [0.25, 0.3) is 0 Å². The maximum absolute atomic E-state index is 12.8. The standard InChI is InChI=1S/C19H20N2O3S/c1-2-13-4-3-5-15(10-13)20-19(22)21-8-9-25-18(21)14-6-7-16-17(11-14)24-12-23-16/h3-7,10-11,18H,2,8-9,12H2,1H3,(H,20,22). The highest BCUT2D eigenvalue weighted by molar-refractivity contribution is 7.99. The number of ether oxygens (including phenoxy) is 2. The van der Waals surface area contributed by atoms with Gasteiger partial charge >= 0.3 is 6.03 Å². The van der Waals surface area contributed by atoms with Gasteiger partial charge in [-0.2, -0.15) is 0 Å². The van der Waals surface area contributed by atoms with Crippen molar-refractivity contribution >= 4 is 23.5 Å². The summed E-state index contributed by atoms with van der Waals surface area (Å²) < 4.78 is 10.8. The number of fused-ring (bicyclic) bond motifs is 1. The topological polar surface area (TPSA) is 50.8 Å². The third-order valence-electron chi connectivity index (χ3n) is 4.42. The van der Waals surface area contributed by atoms with Crippen LogP contribution in [0, 0.1) is 0 Å². The molecule has 5 nitrogen and oxygen atoms in total. The molecule has 1 atom stereocenters. The lowest BCUT2D eigenvalue weighted by Crippen LogP contribution is -2.34. The van der Waals surface area contributed by atoms with Crippen molar-refractivity contribution in [2.45, 2.75) is 18.7 Å². The van der Waals surface area contributed by atoms with Crippen molar-refractivity contribution in [1.82, 2.24) is 4.90 Å². The Bertz CT molecular complexity index is 796. The highest BCUT2D eigenvalue weighted by Crippen LogP contribution is 2.42. The van der Waals surface area contributed by atoms with Crippen LogP contribution in [0.15, 0.2) is 42.5 Å². The lowest BCUT2D eigenvalue weighted by atomic mass is 10.1. The fourth-order valence-electron chi connectivity index (χ4n) is 3.09. The van der Waals surface area contributed by atoms with Crippen LogP contribution in [-0.2, 0) is 6.42 Å². The van der Waals surface area contributed by atoms with Crippen LogP contribution in [0.2, 0.25) is 0 Å². The molecule has 0 spiro atoms. The molecule has 6 heteroatoms. The number of aryl methyl sites for hydroxylation is 1. The molecule has 1 saturated heterocycles. The van der Waals surface area contributed by atoms with Gasteiger partial charge in [-0.15, -0.1) is 11.8 Å². The highest BCUT2D eigenvalue weighted by Gasteiger charge is 2.31. The van der Waals surface area contributed by atoms with Gasteiger partial charge in [0.25, 0.3) is 0 Å². The third-order valence-corrected chi connectivity index (χ3v) is 5.68. The van der Waals surface area contributed by atoms with E-state index < -0.39 is 0 Å². The molecule has 2 heterocycles. The number of nitrogens with one attached hydrogen (secondary N) is 1. The average molecular weight is 356 g/mol. The van der Waals surface area contributed by atoms with E-state index in [1.807, 2.05) is 41.3 Å². The van der Waals surface area contributed by atoms with E-state index in [0.29, 0.717) is 0 Å². The van der Waals surface area contributed by atoms with Crippen molar-refractivity contribution in [2.75, 3.05) is 24.4 Å². The van der Waals surface area contributed by atoms with Crippen molar-refractivity contribution in [1.29, 1.82) is 0 Å². The summed E-state index contributed by atoms with van der Waals surface area (Å²) in [7, 11) is 0. The minimum absolute atomic E-state index is 0.0103. The fourth-order valence-corrected chi connectivity index (χ4v) is 4.33. The molecule has 0 aliphatic carbocycles. The van der Waals surface area contributed by atoms with Crippen LogP contribution in [0.5, 0.6) is 11.5 Å². The summed E-state index contributed by atoms with van der Waals surface area (Å²) in [5.41, 5.74) is 3.11. The van der Waals surface area contributed by atoms with Crippen LogP contribution in [-0.4, -0.2) is 30.0 Å². The second-order valence-electron chi connectivity index (χ2n) is 6.01. The van der Waals surface area contributed by atoms with Gasteiger partial charge in [-0.25, -0.2) is 4.79 Å². The monoisotopic (exact) mass is 356 g/mol. The summed E-state index contributed by atoms with van der Waals surface area (Å²) in [5, 5.41) is 3.02. The Morgan fingerprint density at radius 2 is 2.12 bits per heavy atom. The van der Waals surface area contributed by atoms with E-state index in [1.54, 1.807) is 11.8 Å². The molecule has 2 aliphatic heterocycles. The molecule has 2 aliphatic rings. The van der Waals surface area contributed by atoms with Gasteiger partial charge in [0.15, 0.2) is 11.5 Å². The van der Waals surface area contributed by atoms with E-state index >= 15 is 0 Å².